The number of Topliss-reactive ketones (excluding diaryl/α,β-unsaturated/α-hetero) is 1. The summed E-state index contributed by atoms with van der Waals surface area (Å²) in [4.78, 5) is 49.2. The molecule has 316 valence electrons. The van der Waals surface area contributed by atoms with Gasteiger partial charge in [0.15, 0.2) is 6.61 Å². The molecular formula is C45H74F3NO6. The van der Waals surface area contributed by atoms with E-state index in [-0.39, 0.29) is 30.5 Å². The standard InChI is InChI=1S/C45H74F3NO6/c1-19-42(16)27-34(50)31(4)44(18,20-2)49(42)55-41(14,15)43(17,36(52)53-29-45(46,47)48)28-39(10,11)40(12,13)33(35(51)54-37(5,6)7)26-38(8,9)30(3)32-24-22-21-23-25-32/h21-25,30-31,33H,19-20,26-29H2,1-18H3. The number of rotatable bonds is 16. The first-order valence-electron chi connectivity index (χ1n) is 20.1. The van der Waals surface area contributed by atoms with Gasteiger partial charge < -0.3 is 9.47 Å². The lowest BCUT2D eigenvalue weighted by atomic mass is 9.52. The molecule has 6 atom stereocenters. The molecule has 1 aromatic rings. The molecule has 0 aliphatic carbocycles. The van der Waals surface area contributed by atoms with Gasteiger partial charge in [-0.05, 0) is 109 Å². The number of ketones is 1. The number of piperidine rings is 1. The number of ether oxygens (including phenoxy) is 2. The topological polar surface area (TPSA) is 82.1 Å². The van der Waals surface area contributed by atoms with Crippen molar-refractivity contribution in [3.05, 3.63) is 35.9 Å². The quantitative estimate of drug-likeness (QED) is 0.154. The van der Waals surface area contributed by atoms with Crippen LogP contribution in [-0.2, 0) is 28.7 Å². The van der Waals surface area contributed by atoms with E-state index in [1.165, 1.54) is 0 Å². The van der Waals surface area contributed by atoms with Crippen LogP contribution < -0.4 is 0 Å². The summed E-state index contributed by atoms with van der Waals surface area (Å²) in [6, 6.07) is 10.1. The Bertz CT molecular complexity index is 1500. The van der Waals surface area contributed by atoms with Gasteiger partial charge in [-0.1, -0.05) is 99.6 Å². The Morgan fingerprint density at radius 3 is 1.87 bits per heavy atom. The van der Waals surface area contributed by atoms with Crippen LogP contribution in [0.5, 0.6) is 0 Å². The maximum absolute atomic E-state index is 14.4. The van der Waals surface area contributed by atoms with E-state index in [4.69, 9.17) is 14.3 Å². The highest BCUT2D eigenvalue weighted by atomic mass is 19.4. The van der Waals surface area contributed by atoms with Crippen molar-refractivity contribution >= 4 is 17.7 Å². The van der Waals surface area contributed by atoms with E-state index in [2.05, 4.69) is 32.9 Å². The van der Waals surface area contributed by atoms with E-state index in [1.54, 1.807) is 20.8 Å². The summed E-state index contributed by atoms with van der Waals surface area (Å²) in [6.07, 6.45) is -2.98. The predicted molar refractivity (Wildman–Crippen MR) is 213 cm³/mol. The first-order valence-corrected chi connectivity index (χ1v) is 20.1. The second-order valence-corrected chi connectivity index (χ2v) is 20.5. The number of hydroxylamine groups is 2. The van der Waals surface area contributed by atoms with Gasteiger partial charge in [-0.3, -0.25) is 19.2 Å². The minimum Gasteiger partial charge on any atom is -0.460 e. The van der Waals surface area contributed by atoms with Crippen LogP contribution in [0.4, 0.5) is 13.2 Å². The highest BCUT2D eigenvalue weighted by Gasteiger charge is 2.62. The minimum absolute atomic E-state index is 0.00133. The van der Waals surface area contributed by atoms with Crippen LogP contribution in [0.1, 0.15) is 168 Å². The van der Waals surface area contributed by atoms with Crippen LogP contribution in [0.2, 0.25) is 0 Å². The second-order valence-electron chi connectivity index (χ2n) is 20.5. The lowest BCUT2D eigenvalue weighted by Crippen LogP contribution is -2.69. The summed E-state index contributed by atoms with van der Waals surface area (Å²) in [5.41, 5.74) is -6.49. The Kier molecular flexibility index (Phi) is 14.5. The average molecular weight is 782 g/mol. The van der Waals surface area contributed by atoms with Crippen LogP contribution >= 0.6 is 0 Å². The summed E-state index contributed by atoms with van der Waals surface area (Å²) in [5.74, 6) is -2.33. The van der Waals surface area contributed by atoms with Crippen molar-refractivity contribution < 1.29 is 41.9 Å². The number of esters is 2. The third kappa shape index (κ3) is 10.5. The molecule has 10 heteroatoms. The molecule has 2 rings (SSSR count). The van der Waals surface area contributed by atoms with E-state index in [0.717, 1.165) is 5.56 Å². The molecule has 1 aromatic carbocycles. The van der Waals surface area contributed by atoms with Crippen LogP contribution in [0, 0.1) is 33.5 Å². The molecule has 1 aliphatic rings. The fraction of sp³-hybridized carbons (Fsp3) is 0.800. The number of carbonyl (C=O) groups is 3. The SMILES string of the molecule is CCC1(C)CC(=O)C(C)C(C)(CC)N1OC(C)(C)C(C)(CC(C)(C)C(C)(C)C(CC(C)(C)C(C)c1ccccc1)C(=O)OC(C)(C)C)C(=O)OCC(F)(F)F. The van der Waals surface area contributed by atoms with E-state index >= 15 is 0 Å². The predicted octanol–water partition coefficient (Wildman–Crippen LogP) is 11.7. The summed E-state index contributed by atoms with van der Waals surface area (Å²) >= 11 is 0. The molecule has 55 heavy (non-hydrogen) atoms. The molecule has 0 saturated carbocycles. The number of hydrogen-bond acceptors (Lipinski definition) is 7. The van der Waals surface area contributed by atoms with Gasteiger partial charge in [0, 0.05) is 12.3 Å². The lowest BCUT2D eigenvalue weighted by Gasteiger charge is -2.60. The monoisotopic (exact) mass is 782 g/mol. The molecule has 1 heterocycles. The largest absolute Gasteiger partial charge is 0.460 e. The Labute approximate surface area is 331 Å². The summed E-state index contributed by atoms with van der Waals surface area (Å²) in [7, 11) is 0. The smallest absolute Gasteiger partial charge is 0.422 e. The van der Waals surface area contributed by atoms with Gasteiger partial charge in [0.2, 0.25) is 0 Å². The molecular weight excluding hydrogens is 707 g/mol. The average Bonchev–Trinajstić information content (AvgIpc) is 3.05. The van der Waals surface area contributed by atoms with Crippen molar-refractivity contribution in [3.8, 4) is 0 Å². The fourth-order valence-corrected chi connectivity index (χ4v) is 8.32. The lowest BCUT2D eigenvalue weighted by molar-refractivity contribution is -0.358. The van der Waals surface area contributed by atoms with Gasteiger partial charge in [0.25, 0.3) is 0 Å². The zero-order valence-corrected chi connectivity index (χ0v) is 37.4. The van der Waals surface area contributed by atoms with E-state index in [0.29, 0.717) is 19.3 Å². The van der Waals surface area contributed by atoms with Crippen molar-refractivity contribution in [2.24, 2.45) is 33.5 Å². The Hall–Kier alpha value is -2.46. The Morgan fingerprint density at radius 2 is 1.42 bits per heavy atom. The normalized spacial score (nSPS) is 24.5. The molecule has 1 saturated heterocycles. The molecule has 0 radical (unpaired) electrons. The maximum atomic E-state index is 14.4. The third-order valence-corrected chi connectivity index (χ3v) is 14.2. The first kappa shape index (κ1) is 48.7. The molecule has 1 aliphatic heterocycles. The first-order chi connectivity index (χ1) is 24.6. The summed E-state index contributed by atoms with van der Waals surface area (Å²) in [5, 5.41) is 1.86. The van der Waals surface area contributed by atoms with Gasteiger partial charge in [0.05, 0.1) is 22.4 Å². The highest BCUT2D eigenvalue weighted by molar-refractivity contribution is 5.84. The minimum atomic E-state index is -4.75. The number of nitrogens with zero attached hydrogens (tertiary/aromatic N) is 1. The number of alkyl halides is 3. The van der Waals surface area contributed by atoms with Crippen molar-refractivity contribution in [2.75, 3.05) is 6.61 Å². The van der Waals surface area contributed by atoms with Gasteiger partial charge >= 0.3 is 18.1 Å². The van der Waals surface area contributed by atoms with Gasteiger partial charge in [-0.2, -0.15) is 18.2 Å². The molecule has 0 N–H and O–H groups in total. The highest BCUT2D eigenvalue weighted by Crippen LogP contribution is 2.58. The van der Waals surface area contributed by atoms with Crippen molar-refractivity contribution in [1.82, 2.24) is 5.06 Å². The van der Waals surface area contributed by atoms with Crippen LogP contribution in [0.3, 0.4) is 0 Å². The zero-order chi connectivity index (χ0) is 43.0. The van der Waals surface area contributed by atoms with Gasteiger partial charge in [-0.15, -0.1) is 0 Å². The third-order valence-electron chi connectivity index (χ3n) is 14.2. The Morgan fingerprint density at radius 1 is 0.891 bits per heavy atom. The number of hydrogen-bond donors (Lipinski definition) is 0. The number of halogens is 3. The molecule has 0 spiro atoms. The van der Waals surface area contributed by atoms with E-state index < -0.39 is 74.5 Å². The van der Waals surface area contributed by atoms with Gasteiger partial charge in [0.1, 0.15) is 17.0 Å². The maximum Gasteiger partial charge on any atom is 0.422 e. The summed E-state index contributed by atoms with van der Waals surface area (Å²) < 4.78 is 52.2. The molecule has 0 bridgehead atoms. The van der Waals surface area contributed by atoms with Crippen molar-refractivity contribution in [2.45, 2.75) is 191 Å². The van der Waals surface area contributed by atoms with E-state index in [9.17, 15) is 27.6 Å². The number of benzene rings is 1. The molecule has 1 fully saturated rings. The van der Waals surface area contributed by atoms with Crippen LogP contribution in [0.15, 0.2) is 30.3 Å². The summed E-state index contributed by atoms with van der Waals surface area (Å²) in [6.45, 7) is 32.8. The molecule has 7 nitrogen and oxygen atoms in total. The number of carbonyl (C=O) groups excluding carboxylic acids is 3. The molecule has 0 aromatic heterocycles. The van der Waals surface area contributed by atoms with Crippen LogP contribution in [0.25, 0.3) is 0 Å². The van der Waals surface area contributed by atoms with Crippen molar-refractivity contribution in [1.29, 1.82) is 0 Å². The van der Waals surface area contributed by atoms with Crippen molar-refractivity contribution in [3.63, 3.8) is 0 Å². The second kappa shape index (κ2) is 16.4. The van der Waals surface area contributed by atoms with Crippen LogP contribution in [-0.4, -0.2) is 57.8 Å². The zero-order valence-electron chi connectivity index (χ0n) is 37.4. The molecule has 6 unspecified atom stereocenters. The van der Waals surface area contributed by atoms with Gasteiger partial charge in [-0.25, -0.2) is 0 Å². The van der Waals surface area contributed by atoms with E-state index in [1.807, 2.05) is 106 Å². The Balaban J connectivity index is 2.80. The molecule has 0 amide bonds. The fourth-order valence-electron chi connectivity index (χ4n) is 8.32.